The van der Waals surface area contributed by atoms with Crippen LogP contribution in [-0.2, 0) is 20.8 Å². The number of thiazole rings is 1. The predicted molar refractivity (Wildman–Crippen MR) is 133 cm³/mol. The zero-order valence-corrected chi connectivity index (χ0v) is 20.8. The first kappa shape index (κ1) is 25.9. The number of allylic oxidation sites excluding steroid dienone is 1. The van der Waals surface area contributed by atoms with Crippen molar-refractivity contribution in [2.24, 2.45) is 11.8 Å². The number of Topliss-reactive ketones (excluding diaryl/α,β-unsaturated/α-hetero) is 1. The lowest BCUT2D eigenvalue weighted by molar-refractivity contribution is -0.131. The number of nitrogens with zero attached hydrogens (tertiary/aromatic N) is 2. The summed E-state index contributed by atoms with van der Waals surface area (Å²) in [7, 11) is 1.55. The first-order valence-corrected chi connectivity index (χ1v) is 12.7. The number of nitriles is 1. The smallest absolute Gasteiger partial charge is 0.224 e. The average Bonchev–Trinajstić information content (AvgIpc) is 3.49. The summed E-state index contributed by atoms with van der Waals surface area (Å²) in [5.74, 6) is -1.05. The molecule has 1 saturated carbocycles. The third-order valence-electron chi connectivity index (χ3n) is 6.35. The molecule has 0 radical (unpaired) electrons. The van der Waals surface area contributed by atoms with Crippen LogP contribution in [0.3, 0.4) is 0 Å². The molecule has 9 heteroatoms. The van der Waals surface area contributed by atoms with Crippen LogP contribution in [0.5, 0.6) is 0 Å². The molecule has 34 heavy (non-hydrogen) atoms. The number of carbonyl (C=O) groups is 3. The number of carbonyl (C=O) groups excluding carboxylic acids is 3. The Morgan fingerprint density at radius 3 is 2.74 bits per heavy atom. The fourth-order valence-corrected chi connectivity index (χ4v) is 5.74. The van der Waals surface area contributed by atoms with E-state index in [1.807, 2.05) is 12.1 Å². The zero-order chi connectivity index (χ0) is 24.7. The van der Waals surface area contributed by atoms with E-state index < -0.39 is 5.92 Å². The number of rotatable bonds is 11. The summed E-state index contributed by atoms with van der Waals surface area (Å²) in [6, 6.07) is 7.07. The quantitative estimate of drug-likeness (QED) is 0.352. The molecule has 3 rings (SSSR count). The van der Waals surface area contributed by atoms with Crippen LogP contribution in [-0.4, -0.2) is 35.7 Å². The monoisotopic (exact) mass is 500 g/mol. The second-order valence-corrected chi connectivity index (χ2v) is 10.3. The number of nitrogens with one attached hydrogen (secondary N) is 2. The molecule has 2 amide bonds. The van der Waals surface area contributed by atoms with Crippen molar-refractivity contribution in [1.82, 2.24) is 15.6 Å². The Morgan fingerprint density at radius 1 is 1.32 bits per heavy atom. The van der Waals surface area contributed by atoms with E-state index in [0.717, 1.165) is 40.9 Å². The summed E-state index contributed by atoms with van der Waals surface area (Å²) in [5, 5.41) is 16.0. The normalized spacial score (nSPS) is 15.4. The van der Waals surface area contributed by atoms with E-state index in [4.69, 9.17) is 16.9 Å². The minimum Gasteiger partial charge on any atom is -0.359 e. The number of aromatic nitrogens is 1. The van der Waals surface area contributed by atoms with E-state index in [2.05, 4.69) is 22.2 Å². The molecule has 0 bridgehead atoms. The van der Waals surface area contributed by atoms with Gasteiger partial charge >= 0.3 is 0 Å². The maximum Gasteiger partial charge on any atom is 0.224 e. The first-order chi connectivity index (χ1) is 16.3. The number of fused-ring (bicyclic) bond motifs is 1. The van der Waals surface area contributed by atoms with Gasteiger partial charge in [0.25, 0.3) is 0 Å². The lowest BCUT2D eigenvalue weighted by Gasteiger charge is -2.27. The molecule has 180 valence electrons. The Hall–Kier alpha value is -2.76. The lowest BCUT2D eigenvalue weighted by atomic mass is 9.91. The fourth-order valence-electron chi connectivity index (χ4n) is 4.41. The average molecular weight is 501 g/mol. The number of hydrogen-bond donors (Lipinski definition) is 2. The van der Waals surface area contributed by atoms with Gasteiger partial charge in [0, 0.05) is 37.4 Å². The highest BCUT2D eigenvalue weighted by molar-refractivity contribution is 7.18. The van der Waals surface area contributed by atoms with Crippen LogP contribution in [0.1, 0.15) is 50.0 Å². The van der Waals surface area contributed by atoms with E-state index in [0.29, 0.717) is 17.9 Å². The largest absolute Gasteiger partial charge is 0.359 e. The number of halogens is 1. The highest BCUT2D eigenvalue weighted by Gasteiger charge is 2.31. The topological polar surface area (TPSA) is 112 Å². The summed E-state index contributed by atoms with van der Waals surface area (Å²) in [6.45, 7) is 3.49. The molecule has 1 aliphatic carbocycles. The van der Waals surface area contributed by atoms with Crippen molar-refractivity contribution in [1.29, 1.82) is 5.26 Å². The van der Waals surface area contributed by atoms with Crippen molar-refractivity contribution < 1.29 is 14.4 Å². The molecule has 1 heterocycles. The number of hydrogen-bond acceptors (Lipinski definition) is 6. The van der Waals surface area contributed by atoms with Gasteiger partial charge in [-0.1, -0.05) is 31.0 Å². The molecule has 1 fully saturated rings. The van der Waals surface area contributed by atoms with E-state index in [1.54, 1.807) is 19.2 Å². The third kappa shape index (κ3) is 6.87. The van der Waals surface area contributed by atoms with Crippen LogP contribution in [0.15, 0.2) is 30.4 Å². The molecule has 1 aliphatic rings. The van der Waals surface area contributed by atoms with Crippen molar-refractivity contribution in [2.45, 2.75) is 57.4 Å². The molecule has 1 aromatic heterocycles. The van der Waals surface area contributed by atoms with Gasteiger partial charge in [-0.2, -0.15) is 5.26 Å². The number of ketones is 1. The fraction of sp³-hybridized carbons (Fsp3) is 0.480. The molecule has 1 aromatic carbocycles. The van der Waals surface area contributed by atoms with Crippen LogP contribution in [0.2, 0.25) is 5.02 Å². The van der Waals surface area contributed by atoms with Gasteiger partial charge in [0.15, 0.2) is 5.78 Å². The van der Waals surface area contributed by atoms with Crippen LogP contribution in [0.4, 0.5) is 0 Å². The van der Waals surface area contributed by atoms with Crippen LogP contribution < -0.4 is 10.6 Å². The minimum atomic E-state index is -0.593. The highest BCUT2D eigenvalue weighted by atomic mass is 35.5. The maximum absolute atomic E-state index is 13.4. The molecule has 2 N–H and O–H groups in total. The zero-order valence-electron chi connectivity index (χ0n) is 19.2. The molecule has 0 unspecified atom stereocenters. The summed E-state index contributed by atoms with van der Waals surface area (Å²) in [5.41, 5.74) is 0.744. The Kier molecular flexibility index (Phi) is 9.20. The highest BCUT2D eigenvalue weighted by Crippen LogP contribution is 2.31. The van der Waals surface area contributed by atoms with Crippen molar-refractivity contribution in [3.05, 3.63) is 40.4 Å². The van der Waals surface area contributed by atoms with Crippen LogP contribution in [0, 0.1) is 23.2 Å². The van der Waals surface area contributed by atoms with Gasteiger partial charge < -0.3 is 10.6 Å². The summed E-state index contributed by atoms with van der Waals surface area (Å²) < 4.78 is 0.932. The molecule has 2 aromatic rings. The Balaban J connectivity index is 1.75. The van der Waals surface area contributed by atoms with Gasteiger partial charge in [-0.3, -0.25) is 14.4 Å². The van der Waals surface area contributed by atoms with Gasteiger partial charge in [0.2, 0.25) is 11.8 Å². The minimum absolute atomic E-state index is 0.0422. The molecule has 2 atom stereocenters. The first-order valence-electron chi connectivity index (χ1n) is 11.5. The van der Waals surface area contributed by atoms with Gasteiger partial charge in [0.1, 0.15) is 6.07 Å². The standard InChI is InChI=1S/C25H29ClN4O3S/c1-15(14-27)21(31)10-9-19(16-5-3-4-6-16)30-25(33)17(11-23(32)28-2)12-24-29-20-8-7-18(26)13-22(20)34-24/h7-8,13,16-17,19H,1,3-6,9-12H2,2H3,(H,28,32)(H,30,33)/t17-,19+/m0/s1. The maximum atomic E-state index is 13.4. The van der Waals surface area contributed by atoms with Crippen LogP contribution in [0.25, 0.3) is 10.2 Å². The Labute approximate surface area is 208 Å². The summed E-state index contributed by atoms with van der Waals surface area (Å²) >= 11 is 7.55. The van der Waals surface area contributed by atoms with Crippen molar-refractivity contribution >= 4 is 50.8 Å². The van der Waals surface area contributed by atoms with Gasteiger partial charge in [-0.25, -0.2) is 4.98 Å². The molecule has 0 spiro atoms. The number of amides is 2. The van der Waals surface area contributed by atoms with Crippen molar-refractivity contribution in [3.8, 4) is 6.07 Å². The van der Waals surface area contributed by atoms with Crippen molar-refractivity contribution in [3.63, 3.8) is 0 Å². The SMILES string of the molecule is C=C(C#N)C(=O)CC[C@@H](NC(=O)[C@@H](CC(=O)NC)Cc1nc2ccc(Cl)cc2s1)C1CCCC1. The number of benzene rings is 1. The second-order valence-electron chi connectivity index (χ2n) is 8.71. The third-order valence-corrected chi connectivity index (χ3v) is 7.62. The molecule has 7 nitrogen and oxygen atoms in total. The predicted octanol–water partition coefficient (Wildman–Crippen LogP) is 4.35. The Bertz CT molecular complexity index is 1120. The van der Waals surface area contributed by atoms with E-state index in [9.17, 15) is 14.4 Å². The second kappa shape index (κ2) is 12.1. The van der Waals surface area contributed by atoms with Crippen molar-refractivity contribution in [2.75, 3.05) is 7.05 Å². The molecular weight excluding hydrogens is 472 g/mol. The summed E-state index contributed by atoms with van der Waals surface area (Å²) in [4.78, 5) is 42.3. The molecule has 0 aliphatic heterocycles. The van der Waals surface area contributed by atoms with E-state index in [-0.39, 0.29) is 48.0 Å². The van der Waals surface area contributed by atoms with Gasteiger partial charge in [0.05, 0.1) is 26.7 Å². The van der Waals surface area contributed by atoms with Crippen LogP contribution >= 0.6 is 22.9 Å². The lowest BCUT2D eigenvalue weighted by Crippen LogP contribution is -2.44. The van der Waals surface area contributed by atoms with Gasteiger partial charge in [-0.05, 0) is 43.4 Å². The van der Waals surface area contributed by atoms with Gasteiger partial charge in [-0.15, -0.1) is 11.3 Å². The van der Waals surface area contributed by atoms with E-state index >= 15 is 0 Å². The molecule has 0 saturated heterocycles. The molecular formula is C25H29ClN4O3S. The van der Waals surface area contributed by atoms with E-state index in [1.165, 1.54) is 11.3 Å². The Morgan fingerprint density at radius 2 is 2.06 bits per heavy atom. The summed E-state index contributed by atoms with van der Waals surface area (Å²) in [6.07, 6.45) is 5.12.